The van der Waals surface area contributed by atoms with Crippen molar-refractivity contribution in [2.45, 2.75) is 0 Å². The second-order valence-corrected chi connectivity index (χ2v) is 5.36. The molecule has 18 heavy (non-hydrogen) atoms. The van der Waals surface area contributed by atoms with Crippen LogP contribution in [0.3, 0.4) is 0 Å². The molecule has 0 aromatic heterocycles. The molecule has 2 heterocycles. The second kappa shape index (κ2) is 4.40. The summed E-state index contributed by atoms with van der Waals surface area (Å²) >= 11 is 6.15. The molecule has 0 radical (unpaired) electrons. The van der Waals surface area contributed by atoms with E-state index >= 15 is 0 Å². The molecule has 0 saturated carbocycles. The zero-order chi connectivity index (χ0) is 12.7. The quantitative estimate of drug-likeness (QED) is 0.657. The van der Waals surface area contributed by atoms with Gasteiger partial charge in [-0.15, -0.1) is 0 Å². The van der Waals surface area contributed by atoms with Crippen molar-refractivity contribution in [2.24, 2.45) is 11.8 Å². The molecule has 0 amide bonds. The van der Waals surface area contributed by atoms with Gasteiger partial charge < -0.3 is 10.2 Å². The van der Waals surface area contributed by atoms with E-state index in [-0.39, 0.29) is 10.6 Å². The Morgan fingerprint density at radius 2 is 2.00 bits per heavy atom. The third-order valence-electron chi connectivity index (χ3n) is 3.87. The molecule has 5 nitrogen and oxygen atoms in total. The Labute approximate surface area is 110 Å². The fourth-order valence-electron chi connectivity index (χ4n) is 3.00. The highest BCUT2D eigenvalue weighted by molar-refractivity contribution is 6.33. The summed E-state index contributed by atoms with van der Waals surface area (Å²) in [6.07, 6.45) is 0. The number of halogens is 1. The van der Waals surface area contributed by atoms with Crippen molar-refractivity contribution >= 4 is 23.0 Å². The lowest BCUT2D eigenvalue weighted by molar-refractivity contribution is -0.384. The molecule has 0 spiro atoms. The largest absolute Gasteiger partial charge is 0.364 e. The van der Waals surface area contributed by atoms with E-state index in [0.29, 0.717) is 22.5 Å². The number of benzene rings is 1. The van der Waals surface area contributed by atoms with Crippen LogP contribution in [0.1, 0.15) is 0 Å². The first-order valence-corrected chi connectivity index (χ1v) is 6.43. The van der Waals surface area contributed by atoms with Crippen LogP contribution in [0.4, 0.5) is 11.4 Å². The lowest BCUT2D eigenvalue weighted by Gasteiger charge is -2.20. The van der Waals surface area contributed by atoms with E-state index in [0.717, 1.165) is 26.2 Å². The van der Waals surface area contributed by atoms with Gasteiger partial charge in [0.05, 0.1) is 9.95 Å². The molecule has 1 aromatic carbocycles. The molecule has 2 saturated heterocycles. The van der Waals surface area contributed by atoms with Gasteiger partial charge in [0, 0.05) is 32.2 Å². The van der Waals surface area contributed by atoms with Gasteiger partial charge in [-0.05, 0) is 17.9 Å². The SMILES string of the molecule is O=[N+]([O-])c1cccc(Cl)c1N1C[C@H]2CNC[C@H]2C1. The molecule has 0 bridgehead atoms. The molecule has 2 aliphatic rings. The smallest absolute Gasteiger partial charge is 0.294 e. The summed E-state index contributed by atoms with van der Waals surface area (Å²) in [5.74, 6) is 1.17. The van der Waals surface area contributed by atoms with Crippen LogP contribution in [0.2, 0.25) is 5.02 Å². The third kappa shape index (κ3) is 1.83. The fourth-order valence-corrected chi connectivity index (χ4v) is 3.29. The van der Waals surface area contributed by atoms with Crippen LogP contribution < -0.4 is 10.2 Å². The van der Waals surface area contributed by atoms with Gasteiger partial charge in [0.25, 0.3) is 5.69 Å². The molecule has 2 fully saturated rings. The van der Waals surface area contributed by atoms with Gasteiger partial charge >= 0.3 is 0 Å². The van der Waals surface area contributed by atoms with Gasteiger partial charge in [0.2, 0.25) is 0 Å². The van der Waals surface area contributed by atoms with Gasteiger partial charge in [0.1, 0.15) is 5.69 Å². The number of hydrogen-bond acceptors (Lipinski definition) is 4. The summed E-state index contributed by atoms with van der Waals surface area (Å²) in [7, 11) is 0. The first-order chi connectivity index (χ1) is 8.66. The van der Waals surface area contributed by atoms with Crippen molar-refractivity contribution < 1.29 is 4.92 Å². The van der Waals surface area contributed by atoms with Gasteiger partial charge in [-0.1, -0.05) is 17.7 Å². The molecular formula is C12H14ClN3O2. The first kappa shape index (κ1) is 11.7. The van der Waals surface area contributed by atoms with Crippen molar-refractivity contribution in [2.75, 3.05) is 31.1 Å². The van der Waals surface area contributed by atoms with Crippen LogP contribution in [0.5, 0.6) is 0 Å². The Kier molecular flexibility index (Phi) is 2.87. The first-order valence-electron chi connectivity index (χ1n) is 6.05. The number of para-hydroxylation sites is 1. The summed E-state index contributed by atoms with van der Waals surface area (Å²) < 4.78 is 0. The van der Waals surface area contributed by atoms with Crippen molar-refractivity contribution in [1.29, 1.82) is 0 Å². The Morgan fingerprint density at radius 3 is 2.61 bits per heavy atom. The standard InChI is InChI=1S/C12H14ClN3O2/c13-10-2-1-3-11(16(17)18)12(10)15-6-8-4-14-5-9(8)7-15/h1-3,8-9,14H,4-7H2/t8-,9+. The van der Waals surface area contributed by atoms with Crippen LogP contribution in [0.25, 0.3) is 0 Å². The summed E-state index contributed by atoms with van der Waals surface area (Å²) in [6.45, 7) is 3.70. The highest BCUT2D eigenvalue weighted by atomic mass is 35.5. The highest BCUT2D eigenvalue weighted by Crippen LogP contribution is 2.40. The fraction of sp³-hybridized carbons (Fsp3) is 0.500. The maximum absolute atomic E-state index is 11.1. The minimum atomic E-state index is -0.354. The van der Waals surface area contributed by atoms with Crippen LogP contribution in [-0.2, 0) is 0 Å². The Hall–Kier alpha value is -1.33. The van der Waals surface area contributed by atoms with Gasteiger partial charge in [-0.3, -0.25) is 10.1 Å². The number of nitro groups is 1. The van der Waals surface area contributed by atoms with Gasteiger partial charge in [-0.25, -0.2) is 0 Å². The summed E-state index contributed by atoms with van der Waals surface area (Å²) in [5.41, 5.74) is 0.689. The number of hydrogen-bond donors (Lipinski definition) is 1. The Bertz CT molecular complexity index is 482. The molecule has 2 aliphatic heterocycles. The minimum absolute atomic E-state index is 0.107. The van der Waals surface area contributed by atoms with Crippen LogP contribution in [-0.4, -0.2) is 31.1 Å². The summed E-state index contributed by atoms with van der Waals surface area (Å²) in [4.78, 5) is 12.8. The highest BCUT2D eigenvalue weighted by Gasteiger charge is 2.38. The molecule has 1 N–H and O–H groups in total. The van der Waals surface area contributed by atoms with Gasteiger partial charge in [0.15, 0.2) is 0 Å². The molecular weight excluding hydrogens is 254 g/mol. The normalized spacial score (nSPS) is 26.4. The van der Waals surface area contributed by atoms with Gasteiger partial charge in [-0.2, -0.15) is 0 Å². The maximum Gasteiger partial charge on any atom is 0.294 e. The Morgan fingerprint density at radius 1 is 1.33 bits per heavy atom. The van der Waals surface area contributed by atoms with E-state index in [2.05, 4.69) is 10.2 Å². The minimum Gasteiger partial charge on any atom is -0.364 e. The number of nitrogens with zero attached hydrogens (tertiary/aromatic N) is 2. The van der Waals surface area contributed by atoms with Crippen LogP contribution in [0, 0.1) is 22.0 Å². The lowest BCUT2D eigenvalue weighted by Crippen LogP contribution is -2.26. The molecule has 0 aliphatic carbocycles. The summed E-state index contributed by atoms with van der Waals surface area (Å²) in [6, 6.07) is 4.87. The van der Waals surface area contributed by atoms with E-state index in [9.17, 15) is 10.1 Å². The van der Waals surface area contributed by atoms with E-state index < -0.39 is 0 Å². The molecule has 2 atom stereocenters. The lowest BCUT2D eigenvalue weighted by atomic mass is 10.0. The molecule has 0 unspecified atom stereocenters. The maximum atomic E-state index is 11.1. The van der Waals surface area contributed by atoms with E-state index in [1.54, 1.807) is 12.1 Å². The average molecular weight is 268 g/mol. The van der Waals surface area contributed by atoms with E-state index in [4.69, 9.17) is 11.6 Å². The predicted molar refractivity (Wildman–Crippen MR) is 70.2 cm³/mol. The van der Waals surface area contributed by atoms with E-state index in [1.165, 1.54) is 6.07 Å². The van der Waals surface area contributed by atoms with Crippen molar-refractivity contribution in [1.82, 2.24) is 5.32 Å². The zero-order valence-corrected chi connectivity index (χ0v) is 10.6. The van der Waals surface area contributed by atoms with Crippen LogP contribution in [0.15, 0.2) is 18.2 Å². The molecule has 96 valence electrons. The van der Waals surface area contributed by atoms with Crippen LogP contribution >= 0.6 is 11.6 Å². The topological polar surface area (TPSA) is 58.4 Å². The predicted octanol–water partition coefficient (Wildman–Crippen LogP) is 1.90. The van der Waals surface area contributed by atoms with Crippen molar-refractivity contribution in [3.8, 4) is 0 Å². The number of nitro benzene ring substituents is 1. The molecule has 3 rings (SSSR count). The third-order valence-corrected chi connectivity index (χ3v) is 4.17. The molecule has 1 aromatic rings. The van der Waals surface area contributed by atoms with Crippen molar-refractivity contribution in [3.63, 3.8) is 0 Å². The number of nitrogens with one attached hydrogen (secondary N) is 1. The zero-order valence-electron chi connectivity index (χ0n) is 9.80. The average Bonchev–Trinajstić information content (AvgIpc) is 2.88. The van der Waals surface area contributed by atoms with E-state index in [1.807, 2.05) is 0 Å². The number of fused-ring (bicyclic) bond motifs is 1. The monoisotopic (exact) mass is 267 g/mol. The number of rotatable bonds is 2. The van der Waals surface area contributed by atoms with Crippen molar-refractivity contribution in [3.05, 3.63) is 33.3 Å². The summed E-state index contributed by atoms with van der Waals surface area (Å²) in [5, 5.41) is 14.9. The molecule has 6 heteroatoms. The Balaban J connectivity index is 1.95. The second-order valence-electron chi connectivity index (χ2n) is 4.95. The number of anilines is 1.